The zero-order valence-electron chi connectivity index (χ0n) is 21.0. The molecule has 8 nitrogen and oxygen atoms in total. The van der Waals surface area contributed by atoms with Crippen molar-refractivity contribution >= 4 is 23.5 Å². The largest absolute Gasteiger partial charge is 0.444 e. The molecule has 1 heterocycles. The number of benzene rings is 2. The molecule has 0 unspecified atom stereocenters. The van der Waals surface area contributed by atoms with Gasteiger partial charge in [0.2, 0.25) is 0 Å². The van der Waals surface area contributed by atoms with Gasteiger partial charge in [0, 0.05) is 49.5 Å². The van der Waals surface area contributed by atoms with Gasteiger partial charge in [0.05, 0.1) is 0 Å². The van der Waals surface area contributed by atoms with Gasteiger partial charge < -0.3 is 25.6 Å². The number of nitrogens with one attached hydrogen (secondary N) is 2. The molecule has 0 bridgehead atoms. The first-order chi connectivity index (χ1) is 16.4. The first-order valence-electron chi connectivity index (χ1n) is 11.7. The van der Waals surface area contributed by atoms with E-state index in [4.69, 9.17) is 15.9 Å². The van der Waals surface area contributed by atoms with Crippen LogP contribution in [0.4, 0.5) is 14.9 Å². The van der Waals surface area contributed by atoms with Gasteiger partial charge in [0.25, 0.3) is 5.91 Å². The molecule has 1 fully saturated rings. The van der Waals surface area contributed by atoms with E-state index in [1.165, 1.54) is 6.07 Å². The van der Waals surface area contributed by atoms with Crippen LogP contribution in [0.3, 0.4) is 0 Å². The molecule has 0 atom stereocenters. The lowest BCUT2D eigenvalue weighted by Crippen LogP contribution is -2.51. The average Bonchev–Trinajstić information content (AvgIpc) is 2.79. The van der Waals surface area contributed by atoms with E-state index < -0.39 is 11.4 Å². The maximum Gasteiger partial charge on any atom is 0.410 e. The lowest BCUT2D eigenvalue weighted by atomic mass is 9.95. The van der Waals surface area contributed by atoms with Crippen molar-refractivity contribution < 1.29 is 18.7 Å². The lowest BCUT2D eigenvalue weighted by molar-refractivity contribution is 0.0187. The number of amidine groups is 1. The third kappa shape index (κ3) is 6.09. The van der Waals surface area contributed by atoms with Gasteiger partial charge in [-0.3, -0.25) is 10.2 Å². The summed E-state index contributed by atoms with van der Waals surface area (Å²) in [5.41, 5.74) is 8.58. The highest BCUT2D eigenvalue weighted by Gasteiger charge is 2.27. The number of ether oxygens (including phenoxy) is 1. The summed E-state index contributed by atoms with van der Waals surface area (Å²) in [6.07, 6.45) is -0.356. The third-order valence-corrected chi connectivity index (χ3v) is 5.81. The van der Waals surface area contributed by atoms with Crippen LogP contribution in [0.5, 0.6) is 0 Å². The smallest absolute Gasteiger partial charge is 0.410 e. The summed E-state index contributed by atoms with van der Waals surface area (Å²) in [5.74, 6) is -0.552. The van der Waals surface area contributed by atoms with Crippen LogP contribution in [0.15, 0.2) is 30.3 Å². The van der Waals surface area contributed by atoms with Crippen LogP contribution >= 0.6 is 0 Å². The molecule has 2 aromatic rings. The quantitative estimate of drug-likeness (QED) is 0.346. The van der Waals surface area contributed by atoms with E-state index in [9.17, 15) is 14.0 Å². The molecular weight excluding hydrogens is 449 g/mol. The Morgan fingerprint density at radius 1 is 1.11 bits per heavy atom. The van der Waals surface area contributed by atoms with E-state index >= 15 is 0 Å². The predicted octanol–water partition coefficient (Wildman–Crippen LogP) is 4.01. The number of nitrogen functional groups attached to an aromatic ring is 1. The topological polar surface area (TPSA) is 112 Å². The van der Waals surface area contributed by atoms with Crippen molar-refractivity contribution in [3.63, 3.8) is 0 Å². The van der Waals surface area contributed by atoms with Gasteiger partial charge >= 0.3 is 6.09 Å². The minimum atomic E-state index is -0.558. The second kappa shape index (κ2) is 10.3. The number of amides is 2. The summed E-state index contributed by atoms with van der Waals surface area (Å²) >= 11 is 0. The summed E-state index contributed by atoms with van der Waals surface area (Å²) in [6.45, 7) is 11.2. The number of hydrogen-bond donors (Lipinski definition) is 3. The lowest BCUT2D eigenvalue weighted by Gasteiger charge is -2.37. The number of nitrogens with two attached hydrogens (primary N) is 1. The summed E-state index contributed by atoms with van der Waals surface area (Å²) in [5, 5.41) is 11.4. The van der Waals surface area contributed by atoms with Crippen LogP contribution in [0.1, 0.15) is 49.2 Å². The minimum absolute atomic E-state index is 0.239. The van der Waals surface area contributed by atoms with Gasteiger partial charge in [0.15, 0.2) is 0 Å². The Morgan fingerprint density at radius 2 is 1.74 bits per heavy atom. The van der Waals surface area contributed by atoms with Gasteiger partial charge in [-0.15, -0.1) is 0 Å². The van der Waals surface area contributed by atoms with Gasteiger partial charge in [-0.2, -0.15) is 0 Å². The van der Waals surface area contributed by atoms with Crippen LogP contribution in [0, 0.1) is 18.2 Å². The van der Waals surface area contributed by atoms with Gasteiger partial charge in [-0.25, -0.2) is 9.18 Å². The number of piperazine rings is 1. The van der Waals surface area contributed by atoms with Crippen molar-refractivity contribution in [1.82, 2.24) is 15.1 Å². The summed E-state index contributed by atoms with van der Waals surface area (Å²) in [7, 11) is 0. The monoisotopic (exact) mass is 483 g/mol. The molecule has 0 spiro atoms. The molecule has 0 aliphatic carbocycles. The molecule has 188 valence electrons. The van der Waals surface area contributed by atoms with Crippen molar-refractivity contribution in [2.75, 3.05) is 38.5 Å². The van der Waals surface area contributed by atoms with E-state index in [2.05, 4.69) is 5.32 Å². The zero-order chi connectivity index (χ0) is 25.9. The van der Waals surface area contributed by atoms with Crippen LogP contribution in [0.2, 0.25) is 0 Å². The minimum Gasteiger partial charge on any atom is -0.444 e. The number of carbonyl (C=O) groups is 2. The van der Waals surface area contributed by atoms with Crippen LogP contribution in [-0.4, -0.2) is 66.0 Å². The van der Waals surface area contributed by atoms with E-state index in [-0.39, 0.29) is 23.4 Å². The average molecular weight is 484 g/mol. The number of anilines is 1. The van der Waals surface area contributed by atoms with E-state index in [0.717, 1.165) is 0 Å². The molecule has 0 saturated carbocycles. The second-order valence-corrected chi connectivity index (χ2v) is 9.60. The Labute approximate surface area is 205 Å². The number of nitrogens with zero attached hydrogens (tertiary/aromatic N) is 2. The summed E-state index contributed by atoms with van der Waals surface area (Å²) in [4.78, 5) is 28.0. The standard InChI is InChI=1S/C26H34FN5O3/c1-6-30-24(33)18-13-20(16(2)21(27)14-18)17-7-8-19(22(28)15-17)23(29)31-9-11-32(12-10-31)25(34)35-26(3,4)5/h7-8,13-15,29H,6,9-12,28H2,1-5H3,(H,30,33). The van der Waals surface area contributed by atoms with Crippen molar-refractivity contribution in [2.45, 2.75) is 40.2 Å². The van der Waals surface area contributed by atoms with E-state index in [0.29, 0.717) is 60.7 Å². The van der Waals surface area contributed by atoms with Crippen molar-refractivity contribution in [1.29, 1.82) is 5.41 Å². The number of rotatable bonds is 4. The molecule has 2 amide bonds. The van der Waals surface area contributed by atoms with Crippen molar-refractivity contribution in [2.24, 2.45) is 0 Å². The van der Waals surface area contributed by atoms with Gasteiger partial charge in [-0.05, 0) is 75.6 Å². The number of halogens is 1. The molecule has 3 rings (SSSR count). The first kappa shape index (κ1) is 26.0. The highest BCUT2D eigenvalue weighted by molar-refractivity contribution is 6.02. The highest BCUT2D eigenvalue weighted by atomic mass is 19.1. The van der Waals surface area contributed by atoms with Crippen molar-refractivity contribution in [3.05, 3.63) is 52.8 Å². The number of hydrogen-bond acceptors (Lipinski definition) is 5. The molecule has 1 aliphatic rings. The second-order valence-electron chi connectivity index (χ2n) is 9.60. The molecule has 0 radical (unpaired) electrons. The van der Waals surface area contributed by atoms with Crippen LogP contribution in [-0.2, 0) is 4.74 Å². The Hall–Kier alpha value is -3.62. The Kier molecular flexibility index (Phi) is 7.67. The summed E-state index contributed by atoms with van der Waals surface area (Å²) < 4.78 is 20.0. The summed E-state index contributed by atoms with van der Waals surface area (Å²) in [6, 6.07) is 8.10. The maximum absolute atomic E-state index is 14.6. The van der Waals surface area contributed by atoms with E-state index in [1.54, 1.807) is 43.0 Å². The molecule has 0 aromatic heterocycles. The normalized spacial score (nSPS) is 14.0. The molecule has 1 saturated heterocycles. The number of carbonyl (C=O) groups excluding carboxylic acids is 2. The highest BCUT2D eigenvalue weighted by Crippen LogP contribution is 2.30. The molecule has 9 heteroatoms. The zero-order valence-corrected chi connectivity index (χ0v) is 21.0. The van der Waals surface area contributed by atoms with Crippen molar-refractivity contribution in [3.8, 4) is 11.1 Å². The van der Waals surface area contributed by atoms with Crippen LogP contribution in [0.25, 0.3) is 11.1 Å². The molecular formula is C26H34FN5O3. The fourth-order valence-corrected chi connectivity index (χ4v) is 3.93. The van der Waals surface area contributed by atoms with E-state index in [1.807, 2.05) is 25.7 Å². The fraction of sp³-hybridized carbons (Fsp3) is 0.423. The Bertz CT molecular complexity index is 1130. The SMILES string of the molecule is CCNC(=O)c1cc(F)c(C)c(-c2ccc(C(=N)N3CCN(C(=O)OC(C)(C)C)CC3)c(N)c2)c1. The predicted molar refractivity (Wildman–Crippen MR) is 135 cm³/mol. The van der Waals surface area contributed by atoms with Crippen LogP contribution < -0.4 is 11.1 Å². The third-order valence-electron chi connectivity index (χ3n) is 5.81. The maximum atomic E-state index is 14.6. The van der Waals surface area contributed by atoms with Gasteiger partial charge in [0.1, 0.15) is 17.3 Å². The molecule has 35 heavy (non-hydrogen) atoms. The fourth-order valence-electron chi connectivity index (χ4n) is 3.93. The molecule has 1 aliphatic heterocycles. The Balaban J connectivity index is 1.76. The van der Waals surface area contributed by atoms with Gasteiger partial charge in [-0.1, -0.05) is 6.07 Å². The first-order valence-corrected chi connectivity index (χ1v) is 11.7. The Morgan fingerprint density at radius 3 is 2.31 bits per heavy atom. The molecule has 2 aromatic carbocycles. The molecule has 4 N–H and O–H groups in total.